The first-order valence-electron chi connectivity index (χ1n) is 8.46. The Morgan fingerprint density at radius 2 is 2.35 bits per heavy atom. The highest BCUT2D eigenvalue weighted by molar-refractivity contribution is 7.09. The number of hydrogen-bond acceptors (Lipinski definition) is 3. The molecule has 2 rings (SSSR count). The van der Waals surface area contributed by atoms with Gasteiger partial charge in [-0.1, -0.05) is 19.9 Å². The molecule has 1 aliphatic heterocycles. The molecule has 5 nitrogen and oxygen atoms in total. The van der Waals surface area contributed by atoms with Gasteiger partial charge in [-0.15, -0.1) is 11.3 Å². The number of hydrogen-bond donors (Lipinski definition) is 2. The molecule has 1 aromatic heterocycles. The van der Waals surface area contributed by atoms with Crippen molar-refractivity contribution in [3.05, 3.63) is 22.4 Å². The van der Waals surface area contributed by atoms with Crippen LogP contribution < -0.4 is 10.6 Å². The van der Waals surface area contributed by atoms with Crippen LogP contribution in [0.5, 0.6) is 0 Å². The van der Waals surface area contributed by atoms with Gasteiger partial charge in [0.25, 0.3) is 0 Å². The van der Waals surface area contributed by atoms with Crippen molar-refractivity contribution in [2.45, 2.75) is 39.7 Å². The van der Waals surface area contributed by atoms with Gasteiger partial charge in [-0.05, 0) is 24.8 Å². The number of thiophene rings is 1. The maximum atomic E-state index is 12.1. The predicted molar refractivity (Wildman–Crippen MR) is 97.0 cm³/mol. The predicted octanol–water partition coefficient (Wildman–Crippen LogP) is 2.10. The quantitative estimate of drug-likeness (QED) is 0.618. The minimum atomic E-state index is 0.0708. The summed E-state index contributed by atoms with van der Waals surface area (Å²) in [5.74, 6) is 1.17. The molecular weight excluding hydrogens is 308 g/mol. The lowest BCUT2D eigenvalue weighted by Crippen LogP contribution is -2.45. The molecule has 1 saturated heterocycles. The van der Waals surface area contributed by atoms with Crippen LogP contribution in [0.15, 0.2) is 22.5 Å². The van der Waals surface area contributed by atoms with Crippen molar-refractivity contribution in [1.82, 2.24) is 15.5 Å². The average Bonchev–Trinajstić information content (AvgIpc) is 3.18. The number of likely N-dealkylation sites (tertiary alicyclic amines) is 1. The second-order valence-electron chi connectivity index (χ2n) is 6.16. The molecule has 1 aliphatic rings. The Morgan fingerprint density at radius 3 is 3.00 bits per heavy atom. The maximum Gasteiger partial charge on any atom is 0.225 e. The number of nitrogens with one attached hydrogen (secondary N) is 2. The summed E-state index contributed by atoms with van der Waals surface area (Å²) in [6.45, 7) is 9.21. The second-order valence-corrected chi connectivity index (χ2v) is 7.19. The van der Waals surface area contributed by atoms with Gasteiger partial charge in [0.2, 0.25) is 5.91 Å². The van der Waals surface area contributed by atoms with Crippen molar-refractivity contribution in [3.8, 4) is 0 Å². The summed E-state index contributed by atoms with van der Waals surface area (Å²) < 4.78 is 0. The van der Waals surface area contributed by atoms with Crippen LogP contribution in [0.1, 0.15) is 32.1 Å². The van der Waals surface area contributed by atoms with Crippen LogP contribution in [0.25, 0.3) is 0 Å². The van der Waals surface area contributed by atoms with Crippen molar-refractivity contribution < 1.29 is 4.79 Å². The second kappa shape index (κ2) is 8.91. The number of guanidine groups is 1. The lowest BCUT2D eigenvalue weighted by atomic mass is 10.2. The molecule has 0 spiro atoms. The van der Waals surface area contributed by atoms with Crippen molar-refractivity contribution in [2.24, 2.45) is 10.9 Å². The zero-order valence-electron chi connectivity index (χ0n) is 14.3. The van der Waals surface area contributed by atoms with Crippen molar-refractivity contribution >= 4 is 23.2 Å². The summed E-state index contributed by atoms with van der Waals surface area (Å²) in [5.41, 5.74) is 0. The van der Waals surface area contributed by atoms with E-state index in [1.807, 2.05) is 18.7 Å². The molecule has 0 bridgehead atoms. The standard InChI is InChI=1S/C17H28N4OS/c1-4-18-17(19-9-7-15-6-5-11-23-15)20-14-8-10-21(12-14)16(22)13(2)3/h5-6,11,13-14H,4,7-10,12H2,1-3H3,(H2,18,19,20). The van der Waals surface area contributed by atoms with Crippen molar-refractivity contribution in [2.75, 3.05) is 26.2 Å². The van der Waals surface area contributed by atoms with E-state index in [-0.39, 0.29) is 17.9 Å². The van der Waals surface area contributed by atoms with E-state index in [0.717, 1.165) is 45.0 Å². The lowest BCUT2D eigenvalue weighted by molar-refractivity contribution is -0.133. The number of rotatable bonds is 6. The Bertz CT molecular complexity index is 513. The molecule has 1 aromatic rings. The highest BCUT2D eigenvalue weighted by Gasteiger charge is 2.27. The number of carbonyl (C=O) groups is 1. The van der Waals surface area contributed by atoms with Crippen LogP contribution in [0.4, 0.5) is 0 Å². The zero-order chi connectivity index (χ0) is 16.7. The fourth-order valence-electron chi connectivity index (χ4n) is 2.69. The molecule has 23 heavy (non-hydrogen) atoms. The van der Waals surface area contributed by atoms with E-state index in [4.69, 9.17) is 0 Å². The fraction of sp³-hybridized carbons (Fsp3) is 0.647. The van der Waals surface area contributed by atoms with E-state index in [9.17, 15) is 4.79 Å². The van der Waals surface area contributed by atoms with E-state index in [0.29, 0.717) is 0 Å². The van der Waals surface area contributed by atoms with Gasteiger partial charge in [0.15, 0.2) is 5.96 Å². The smallest absolute Gasteiger partial charge is 0.225 e. The Morgan fingerprint density at radius 1 is 1.52 bits per heavy atom. The first kappa shape index (κ1) is 17.8. The summed E-state index contributed by atoms with van der Waals surface area (Å²) in [6.07, 6.45) is 1.95. The van der Waals surface area contributed by atoms with E-state index in [1.54, 1.807) is 11.3 Å². The van der Waals surface area contributed by atoms with Crippen molar-refractivity contribution in [3.63, 3.8) is 0 Å². The molecule has 0 aliphatic carbocycles. The molecule has 1 fully saturated rings. The van der Waals surface area contributed by atoms with Crippen LogP contribution in [0, 0.1) is 5.92 Å². The van der Waals surface area contributed by atoms with Gasteiger partial charge in [-0.3, -0.25) is 9.79 Å². The Hall–Kier alpha value is -1.56. The number of nitrogens with zero attached hydrogens (tertiary/aromatic N) is 2. The van der Waals surface area contributed by atoms with Gasteiger partial charge in [-0.25, -0.2) is 0 Å². The van der Waals surface area contributed by atoms with Crippen LogP contribution in [0.2, 0.25) is 0 Å². The van der Waals surface area contributed by atoms with Gasteiger partial charge in [-0.2, -0.15) is 0 Å². The highest BCUT2D eigenvalue weighted by atomic mass is 32.1. The number of aliphatic imine (C=N–C) groups is 1. The van der Waals surface area contributed by atoms with E-state index in [1.165, 1.54) is 4.88 Å². The normalized spacial score (nSPS) is 18.5. The van der Waals surface area contributed by atoms with Gasteiger partial charge in [0.05, 0.1) is 0 Å². The third kappa shape index (κ3) is 5.53. The number of amides is 1. The largest absolute Gasteiger partial charge is 0.357 e. The Balaban J connectivity index is 1.83. The Kier molecular flexibility index (Phi) is 6.89. The number of carbonyl (C=O) groups excluding carboxylic acids is 1. The van der Waals surface area contributed by atoms with Crippen molar-refractivity contribution in [1.29, 1.82) is 0 Å². The van der Waals surface area contributed by atoms with Gasteiger partial charge < -0.3 is 15.5 Å². The van der Waals surface area contributed by atoms with E-state index < -0.39 is 0 Å². The highest BCUT2D eigenvalue weighted by Crippen LogP contribution is 2.13. The minimum Gasteiger partial charge on any atom is -0.357 e. The van der Waals surface area contributed by atoms with Gasteiger partial charge >= 0.3 is 0 Å². The van der Waals surface area contributed by atoms with E-state index >= 15 is 0 Å². The first-order chi connectivity index (χ1) is 11.1. The van der Waals surface area contributed by atoms with Crippen LogP contribution in [-0.4, -0.2) is 49.0 Å². The molecule has 1 atom stereocenters. The maximum absolute atomic E-state index is 12.1. The molecule has 128 valence electrons. The molecular formula is C17H28N4OS. The average molecular weight is 337 g/mol. The first-order valence-corrected chi connectivity index (χ1v) is 9.34. The molecule has 1 unspecified atom stereocenters. The monoisotopic (exact) mass is 336 g/mol. The topological polar surface area (TPSA) is 56.7 Å². The Labute approximate surface area is 143 Å². The summed E-state index contributed by atoms with van der Waals surface area (Å²) in [5, 5.41) is 8.86. The van der Waals surface area contributed by atoms with Crippen LogP contribution in [-0.2, 0) is 11.2 Å². The zero-order valence-corrected chi connectivity index (χ0v) is 15.2. The van der Waals surface area contributed by atoms with Crippen LogP contribution in [0.3, 0.4) is 0 Å². The van der Waals surface area contributed by atoms with Crippen LogP contribution >= 0.6 is 11.3 Å². The fourth-order valence-corrected chi connectivity index (χ4v) is 3.39. The molecule has 0 saturated carbocycles. The molecule has 0 aromatic carbocycles. The molecule has 1 amide bonds. The third-order valence-corrected chi connectivity index (χ3v) is 4.82. The molecule has 2 heterocycles. The van der Waals surface area contributed by atoms with Gasteiger partial charge in [0, 0.05) is 49.4 Å². The molecule has 0 radical (unpaired) electrons. The summed E-state index contributed by atoms with van der Waals surface area (Å²) in [4.78, 5) is 20.0. The lowest BCUT2D eigenvalue weighted by Gasteiger charge is -2.20. The third-order valence-electron chi connectivity index (χ3n) is 3.89. The minimum absolute atomic E-state index is 0.0708. The van der Waals surface area contributed by atoms with E-state index in [2.05, 4.69) is 40.1 Å². The summed E-state index contributed by atoms with van der Waals surface area (Å²) >= 11 is 1.77. The van der Waals surface area contributed by atoms with Gasteiger partial charge in [0.1, 0.15) is 0 Å². The molecule has 2 N–H and O–H groups in total. The molecule has 6 heteroatoms. The SMILES string of the molecule is CCNC(=NCCc1cccs1)NC1CCN(C(=O)C(C)C)C1. The summed E-state index contributed by atoms with van der Waals surface area (Å²) in [7, 11) is 0. The summed E-state index contributed by atoms with van der Waals surface area (Å²) in [6, 6.07) is 4.51.